The fourth-order valence-electron chi connectivity index (χ4n) is 8.04. The molecule has 0 aliphatic carbocycles. The van der Waals surface area contributed by atoms with Crippen LogP contribution in [0, 0.1) is 0 Å². The van der Waals surface area contributed by atoms with E-state index in [1.54, 1.807) is 0 Å². The number of nitrogens with zero attached hydrogens (tertiary/aromatic N) is 2. The predicted octanol–water partition coefficient (Wildman–Crippen LogP) is 14.4. The normalized spacial score (nSPS) is 11.3. The molecule has 0 fully saturated rings. The Bertz CT molecular complexity index is 2900. The maximum Gasteiger partial charge on any atom is 0.0541 e. The minimum atomic E-state index is 1.10. The molecular weight excluding hydrogens is 653 g/mol. The summed E-state index contributed by atoms with van der Waals surface area (Å²) in [4.78, 5) is 2.33. The molecule has 9 aromatic carbocycles. The van der Waals surface area contributed by atoms with Gasteiger partial charge < -0.3 is 9.47 Å². The highest BCUT2D eigenvalue weighted by molar-refractivity contribution is 6.11. The van der Waals surface area contributed by atoms with Gasteiger partial charge in [-0.15, -0.1) is 0 Å². The Hall–Kier alpha value is -7.16. The van der Waals surface area contributed by atoms with Gasteiger partial charge in [0, 0.05) is 33.4 Å². The minimum absolute atomic E-state index is 1.10. The highest BCUT2D eigenvalue weighted by Gasteiger charge is 2.18. The summed E-state index contributed by atoms with van der Waals surface area (Å²) in [5.41, 5.74) is 14.1. The molecular formula is C52H36N2. The molecule has 0 aliphatic heterocycles. The van der Waals surface area contributed by atoms with Crippen LogP contribution in [0.2, 0.25) is 0 Å². The third-order valence-corrected chi connectivity index (χ3v) is 10.6. The molecule has 10 aromatic rings. The van der Waals surface area contributed by atoms with Crippen molar-refractivity contribution in [1.29, 1.82) is 0 Å². The number of para-hydroxylation sites is 3. The third-order valence-electron chi connectivity index (χ3n) is 10.6. The van der Waals surface area contributed by atoms with Crippen molar-refractivity contribution in [2.75, 3.05) is 4.90 Å². The van der Waals surface area contributed by atoms with Gasteiger partial charge in [-0.3, -0.25) is 0 Å². The molecule has 1 aromatic heterocycles. The average Bonchev–Trinajstić information content (AvgIpc) is 3.58. The molecule has 0 radical (unpaired) electrons. The quantitative estimate of drug-likeness (QED) is 0.162. The van der Waals surface area contributed by atoms with Gasteiger partial charge in [-0.25, -0.2) is 0 Å². The van der Waals surface area contributed by atoms with Crippen LogP contribution in [0.5, 0.6) is 0 Å². The maximum atomic E-state index is 2.43. The Balaban J connectivity index is 1.05. The van der Waals surface area contributed by atoms with E-state index in [0.29, 0.717) is 0 Å². The summed E-state index contributed by atoms with van der Waals surface area (Å²) < 4.78 is 2.43. The highest BCUT2D eigenvalue weighted by atomic mass is 15.1. The van der Waals surface area contributed by atoms with E-state index in [1.807, 2.05) is 0 Å². The zero-order chi connectivity index (χ0) is 35.8. The van der Waals surface area contributed by atoms with Gasteiger partial charge >= 0.3 is 0 Å². The Morgan fingerprint density at radius 2 is 0.815 bits per heavy atom. The lowest BCUT2D eigenvalue weighted by molar-refractivity contribution is 1.18. The monoisotopic (exact) mass is 688 g/mol. The lowest BCUT2D eigenvalue weighted by Crippen LogP contribution is -2.09. The van der Waals surface area contributed by atoms with Crippen LogP contribution in [0.25, 0.3) is 71.6 Å². The van der Waals surface area contributed by atoms with E-state index in [2.05, 4.69) is 228 Å². The van der Waals surface area contributed by atoms with Crippen LogP contribution in [-0.2, 0) is 0 Å². The van der Waals surface area contributed by atoms with E-state index < -0.39 is 0 Å². The molecule has 54 heavy (non-hydrogen) atoms. The second-order valence-corrected chi connectivity index (χ2v) is 13.8. The molecule has 0 aliphatic rings. The number of fused-ring (bicyclic) bond motifs is 4. The van der Waals surface area contributed by atoms with Crippen LogP contribution in [0.3, 0.4) is 0 Å². The summed E-state index contributed by atoms with van der Waals surface area (Å²) >= 11 is 0. The smallest absolute Gasteiger partial charge is 0.0541 e. The molecule has 0 saturated heterocycles. The van der Waals surface area contributed by atoms with Crippen molar-refractivity contribution >= 4 is 49.6 Å². The van der Waals surface area contributed by atoms with Crippen molar-refractivity contribution < 1.29 is 0 Å². The highest BCUT2D eigenvalue weighted by Crippen LogP contribution is 2.40. The van der Waals surface area contributed by atoms with Gasteiger partial charge in [0.05, 0.1) is 16.7 Å². The van der Waals surface area contributed by atoms with E-state index in [-0.39, 0.29) is 0 Å². The summed E-state index contributed by atoms with van der Waals surface area (Å²) in [5, 5.41) is 5.02. The molecule has 0 saturated carbocycles. The number of aromatic nitrogens is 1. The first-order chi connectivity index (χ1) is 26.8. The summed E-state index contributed by atoms with van der Waals surface area (Å²) in [7, 11) is 0. The number of anilines is 3. The second kappa shape index (κ2) is 13.4. The first kappa shape index (κ1) is 31.6. The molecule has 0 spiro atoms. The first-order valence-electron chi connectivity index (χ1n) is 18.5. The summed E-state index contributed by atoms with van der Waals surface area (Å²) in [5.74, 6) is 0. The van der Waals surface area contributed by atoms with Gasteiger partial charge in [0.25, 0.3) is 0 Å². The number of benzene rings is 9. The van der Waals surface area contributed by atoms with Crippen molar-refractivity contribution in [1.82, 2.24) is 4.57 Å². The van der Waals surface area contributed by atoms with E-state index in [1.165, 1.54) is 66.0 Å². The second-order valence-electron chi connectivity index (χ2n) is 13.8. The van der Waals surface area contributed by atoms with Crippen LogP contribution >= 0.6 is 0 Å². The first-order valence-corrected chi connectivity index (χ1v) is 18.5. The standard InChI is InChI=1S/C52H36N2/c1-3-14-37(15-4-1)41-30-35-52-49(36-41)48-22-10-12-25-51(48)54(52)50-24-11-9-21-47(50)40-28-33-44(34-29-40)53(42-18-5-2-6-19-42)43-31-26-39(27-32-43)46-23-13-17-38-16-7-8-20-45(38)46/h1-36H. The molecule has 0 unspecified atom stereocenters. The molecule has 10 rings (SSSR count). The Labute approximate surface area is 315 Å². The van der Waals surface area contributed by atoms with E-state index in [4.69, 9.17) is 0 Å². The van der Waals surface area contributed by atoms with Crippen LogP contribution in [0.15, 0.2) is 218 Å². The minimum Gasteiger partial charge on any atom is -0.311 e. The molecule has 254 valence electrons. The van der Waals surface area contributed by atoms with Crippen molar-refractivity contribution in [2.45, 2.75) is 0 Å². The number of hydrogen-bond acceptors (Lipinski definition) is 1. The van der Waals surface area contributed by atoms with Crippen molar-refractivity contribution in [3.05, 3.63) is 218 Å². The summed E-state index contributed by atoms with van der Waals surface area (Å²) in [6.45, 7) is 0. The van der Waals surface area contributed by atoms with Gasteiger partial charge in [-0.05, 0) is 99.3 Å². The zero-order valence-electron chi connectivity index (χ0n) is 29.7. The van der Waals surface area contributed by atoms with Gasteiger partial charge in [-0.2, -0.15) is 0 Å². The number of hydrogen-bond donors (Lipinski definition) is 0. The Morgan fingerprint density at radius 1 is 0.296 bits per heavy atom. The molecule has 0 atom stereocenters. The van der Waals surface area contributed by atoms with E-state index >= 15 is 0 Å². The van der Waals surface area contributed by atoms with E-state index in [9.17, 15) is 0 Å². The van der Waals surface area contributed by atoms with Gasteiger partial charge in [-0.1, -0.05) is 158 Å². The van der Waals surface area contributed by atoms with Crippen LogP contribution in [0.1, 0.15) is 0 Å². The molecule has 0 bridgehead atoms. The largest absolute Gasteiger partial charge is 0.311 e. The maximum absolute atomic E-state index is 2.43. The van der Waals surface area contributed by atoms with Crippen LogP contribution < -0.4 is 4.90 Å². The van der Waals surface area contributed by atoms with Gasteiger partial charge in [0.1, 0.15) is 0 Å². The Morgan fingerprint density at radius 3 is 1.57 bits per heavy atom. The SMILES string of the molecule is c1ccc(-c2ccc3c(c2)c2ccccc2n3-c2ccccc2-c2ccc(N(c3ccccc3)c3ccc(-c4cccc5ccccc45)cc3)cc2)cc1. The predicted molar refractivity (Wildman–Crippen MR) is 229 cm³/mol. The van der Waals surface area contributed by atoms with Crippen molar-refractivity contribution in [3.8, 4) is 39.1 Å². The molecule has 1 heterocycles. The average molecular weight is 689 g/mol. The molecule has 2 heteroatoms. The molecule has 2 nitrogen and oxygen atoms in total. The number of rotatable bonds is 7. The fraction of sp³-hybridized carbons (Fsp3) is 0. The summed E-state index contributed by atoms with van der Waals surface area (Å²) in [6, 6.07) is 78.8. The van der Waals surface area contributed by atoms with Gasteiger partial charge in [0.15, 0.2) is 0 Å². The fourth-order valence-corrected chi connectivity index (χ4v) is 8.04. The van der Waals surface area contributed by atoms with Gasteiger partial charge in [0.2, 0.25) is 0 Å². The topological polar surface area (TPSA) is 8.17 Å². The van der Waals surface area contributed by atoms with E-state index in [0.717, 1.165) is 22.7 Å². The lowest BCUT2D eigenvalue weighted by atomic mass is 9.98. The molecule has 0 amide bonds. The summed E-state index contributed by atoms with van der Waals surface area (Å²) in [6.07, 6.45) is 0. The zero-order valence-corrected chi connectivity index (χ0v) is 29.7. The third kappa shape index (κ3) is 5.53. The molecule has 0 N–H and O–H groups in total. The lowest BCUT2D eigenvalue weighted by Gasteiger charge is -2.26. The van der Waals surface area contributed by atoms with Crippen molar-refractivity contribution in [2.24, 2.45) is 0 Å². The van der Waals surface area contributed by atoms with Crippen LogP contribution in [0.4, 0.5) is 17.1 Å². The Kier molecular flexibility index (Phi) is 7.85. The van der Waals surface area contributed by atoms with Crippen LogP contribution in [-0.4, -0.2) is 4.57 Å². The van der Waals surface area contributed by atoms with Crippen molar-refractivity contribution in [3.63, 3.8) is 0 Å².